The average molecular weight is 326 g/mol. The normalized spacial score (nSPS) is 25.1. The van der Waals surface area contributed by atoms with Gasteiger partial charge < -0.3 is 4.74 Å². The van der Waals surface area contributed by atoms with Gasteiger partial charge in [0.2, 0.25) is 0 Å². The third kappa shape index (κ3) is 4.44. The predicted molar refractivity (Wildman–Crippen MR) is 77.9 cm³/mol. The van der Waals surface area contributed by atoms with Gasteiger partial charge in [0.05, 0.1) is 6.61 Å². The van der Waals surface area contributed by atoms with E-state index in [0.29, 0.717) is 16.7 Å². The molecule has 0 amide bonds. The second-order valence-corrected chi connectivity index (χ2v) is 7.34. The Kier molecular flexibility index (Phi) is 5.28. The first-order valence-electron chi connectivity index (χ1n) is 5.60. The van der Waals surface area contributed by atoms with Crippen LogP contribution in [0.5, 0.6) is 0 Å². The Morgan fingerprint density at radius 1 is 1.42 bits per heavy atom. The standard InChI is InChI=1S/C12H13F3OS3/c1-17-9-6-16-11(18-7-9)5-3-8-2-4-10(19-8)12(13,14)15/h2-5,9,11H,6-7H2,1H3/b5-3+. The molecule has 2 atom stereocenters. The Hall–Kier alpha value is -0.110. The summed E-state index contributed by atoms with van der Waals surface area (Å²) in [5.41, 5.74) is -0.0557. The zero-order valence-corrected chi connectivity index (χ0v) is 12.6. The van der Waals surface area contributed by atoms with E-state index in [2.05, 4.69) is 6.26 Å². The van der Waals surface area contributed by atoms with Crippen LogP contribution in [0.25, 0.3) is 6.08 Å². The van der Waals surface area contributed by atoms with E-state index < -0.39 is 11.1 Å². The van der Waals surface area contributed by atoms with Crippen molar-refractivity contribution < 1.29 is 17.9 Å². The molecule has 2 rings (SSSR count). The topological polar surface area (TPSA) is 9.23 Å². The number of halogens is 3. The maximum Gasteiger partial charge on any atom is 0.425 e. The molecular formula is C12H13F3OS3. The Balaban J connectivity index is 1.91. The molecule has 0 aromatic carbocycles. The molecule has 1 saturated heterocycles. The quantitative estimate of drug-likeness (QED) is 0.803. The van der Waals surface area contributed by atoms with Gasteiger partial charge in [0.15, 0.2) is 0 Å². The third-order valence-corrected chi connectivity index (χ3v) is 6.04. The molecule has 1 aliphatic heterocycles. The second kappa shape index (κ2) is 6.56. The first kappa shape index (κ1) is 15.3. The lowest BCUT2D eigenvalue weighted by Crippen LogP contribution is -2.25. The SMILES string of the molecule is CSC1COC(/C=C/c2ccc(C(F)(F)F)s2)SC1. The van der Waals surface area contributed by atoms with Crippen molar-refractivity contribution in [2.24, 2.45) is 0 Å². The van der Waals surface area contributed by atoms with Crippen molar-refractivity contribution in [1.82, 2.24) is 0 Å². The van der Waals surface area contributed by atoms with Gasteiger partial charge in [-0.15, -0.1) is 23.1 Å². The number of alkyl halides is 3. The molecule has 2 unspecified atom stereocenters. The van der Waals surface area contributed by atoms with Crippen LogP contribution in [0.2, 0.25) is 0 Å². The molecule has 19 heavy (non-hydrogen) atoms. The van der Waals surface area contributed by atoms with Gasteiger partial charge in [-0.25, -0.2) is 0 Å². The van der Waals surface area contributed by atoms with Gasteiger partial charge in [-0.2, -0.15) is 24.9 Å². The molecule has 1 aromatic heterocycles. The maximum atomic E-state index is 12.4. The number of thiophene rings is 1. The lowest BCUT2D eigenvalue weighted by molar-refractivity contribution is -0.134. The van der Waals surface area contributed by atoms with E-state index in [1.807, 2.05) is 6.08 Å². The average Bonchev–Trinajstić information content (AvgIpc) is 2.86. The summed E-state index contributed by atoms with van der Waals surface area (Å²) in [5, 5.41) is 0.508. The van der Waals surface area contributed by atoms with Crippen LogP contribution in [0.15, 0.2) is 18.2 Å². The first-order chi connectivity index (χ1) is 8.99. The molecule has 1 aliphatic rings. The molecule has 0 bridgehead atoms. The van der Waals surface area contributed by atoms with Gasteiger partial charge in [-0.05, 0) is 30.5 Å². The number of hydrogen-bond acceptors (Lipinski definition) is 4. The lowest BCUT2D eigenvalue weighted by atomic mass is 10.4. The van der Waals surface area contributed by atoms with Crippen LogP contribution in [0.1, 0.15) is 9.75 Å². The summed E-state index contributed by atoms with van der Waals surface area (Å²) in [4.78, 5) is 0.0373. The highest BCUT2D eigenvalue weighted by Gasteiger charge is 2.32. The van der Waals surface area contributed by atoms with Crippen molar-refractivity contribution in [2.45, 2.75) is 16.9 Å². The molecule has 106 valence electrons. The second-order valence-electron chi connectivity index (χ2n) is 3.95. The minimum Gasteiger partial charge on any atom is -0.362 e. The van der Waals surface area contributed by atoms with Crippen LogP contribution >= 0.6 is 34.9 Å². The molecule has 0 N–H and O–H groups in total. The summed E-state index contributed by atoms with van der Waals surface area (Å²) >= 11 is 4.21. The molecule has 2 heterocycles. The van der Waals surface area contributed by atoms with E-state index in [4.69, 9.17) is 4.74 Å². The van der Waals surface area contributed by atoms with Crippen LogP contribution < -0.4 is 0 Å². The number of ether oxygens (including phenoxy) is 1. The van der Waals surface area contributed by atoms with E-state index in [0.717, 1.165) is 23.2 Å². The molecule has 1 nitrogen and oxygen atoms in total. The summed E-state index contributed by atoms with van der Waals surface area (Å²) in [6, 6.07) is 2.60. The highest BCUT2D eigenvalue weighted by atomic mass is 32.2. The number of rotatable bonds is 3. The summed E-state index contributed by atoms with van der Waals surface area (Å²) in [5.74, 6) is 1.01. The zero-order chi connectivity index (χ0) is 13.9. The molecular weight excluding hydrogens is 313 g/mol. The molecule has 0 aliphatic carbocycles. The number of thioether (sulfide) groups is 2. The van der Waals surface area contributed by atoms with Crippen LogP contribution in [-0.2, 0) is 10.9 Å². The fraction of sp³-hybridized carbons (Fsp3) is 0.500. The fourth-order valence-corrected chi connectivity index (χ4v) is 4.16. The van der Waals surface area contributed by atoms with Crippen molar-refractivity contribution in [1.29, 1.82) is 0 Å². The molecule has 1 fully saturated rings. The van der Waals surface area contributed by atoms with Crippen molar-refractivity contribution in [3.63, 3.8) is 0 Å². The van der Waals surface area contributed by atoms with E-state index in [1.54, 1.807) is 29.6 Å². The zero-order valence-electron chi connectivity index (χ0n) is 10.1. The highest BCUT2D eigenvalue weighted by Crippen LogP contribution is 2.35. The van der Waals surface area contributed by atoms with Gasteiger partial charge in [0, 0.05) is 15.9 Å². The number of hydrogen-bond donors (Lipinski definition) is 0. The van der Waals surface area contributed by atoms with E-state index in [9.17, 15) is 13.2 Å². The summed E-state index contributed by atoms with van der Waals surface area (Å²) in [7, 11) is 0. The Morgan fingerprint density at radius 2 is 2.21 bits per heavy atom. The summed E-state index contributed by atoms with van der Waals surface area (Å²) < 4.78 is 42.9. The smallest absolute Gasteiger partial charge is 0.362 e. The van der Waals surface area contributed by atoms with Crippen molar-refractivity contribution >= 4 is 40.9 Å². The van der Waals surface area contributed by atoms with E-state index >= 15 is 0 Å². The van der Waals surface area contributed by atoms with Gasteiger partial charge in [0.1, 0.15) is 10.3 Å². The monoisotopic (exact) mass is 326 g/mol. The van der Waals surface area contributed by atoms with Crippen LogP contribution in [-0.4, -0.2) is 29.3 Å². The predicted octanol–water partition coefficient (Wildman–Crippen LogP) is 4.60. The first-order valence-corrected chi connectivity index (χ1v) is 8.75. The lowest BCUT2D eigenvalue weighted by Gasteiger charge is -2.25. The van der Waals surface area contributed by atoms with E-state index in [1.165, 1.54) is 6.07 Å². The van der Waals surface area contributed by atoms with Crippen molar-refractivity contribution in [3.8, 4) is 0 Å². The van der Waals surface area contributed by atoms with Gasteiger partial charge in [-0.1, -0.05) is 0 Å². The minimum atomic E-state index is -4.25. The maximum absolute atomic E-state index is 12.4. The summed E-state index contributed by atoms with van der Waals surface area (Å²) in [6.45, 7) is 0.696. The van der Waals surface area contributed by atoms with Gasteiger partial charge in [-0.3, -0.25) is 0 Å². The Labute approximate surface area is 122 Å². The molecule has 0 spiro atoms. The highest BCUT2D eigenvalue weighted by molar-refractivity contribution is 8.03. The van der Waals surface area contributed by atoms with Crippen molar-refractivity contribution in [2.75, 3.05) is 18.6 Å². The van der Waals surface area contributed by atoms with E-state index in [-0.39, 0.29) is 5.44 Å². The largest absolute Gasteiger partial charge is 0.425 e. The van der Waals surface area contributed by atoms with Crippen LogP contribution in [0.3, 0.4) is 0 Å². The van der Waals surface area contributed by atoms with Crippen molar-refractivity contribution in [3.05, 3.63) is 28.0 Å². The summed E-state index contributed by atoms with van der Waals surface area (Å²) in [6.07, 6.45) is 1.33. The van der Waals surface area contributed by atoms with Gasteiger partial charge in [0.25, 0.3) is 0 Å². The molecule has 1 aromatic rings. The van der Waals surface area contributed by atoms with Crippen LogP contribution in [0.4, 0.5) is 13.2 Å². The molecule has 0 radical (unpaired) electrons. The third-order valence-electron chi connectivity index (χ3n) is 2.55. The van der Waals surface area contributed by atoms with Gasteiger partial charge >= 0.3 is 6.18 Å². The Morgan fingerprint density at radius 3 is 2.74 bits per heavy atom. The molecule has 7 heteroatoms. The molecule has 0 saturated carbocycles. The minimum absolute atomic E-state index is 0.0557. The van der Waals surface area contributed by atoms with Crippen LogP contribution in [0, 0.1) is 0 Å². The fourth-order valence-electron chi connectivity index (χ4n) is 1.52. The Bertz CT molecular complexity index is 434.